The molecular formula is C45H29N3S. The largest absolute Gasteiger partial charge is 0.208 e. The van der Waals surface area contributed by atoms with E-state index in [1.54, 1.807) is 42.5 Å². The van der Waals surface area contributed by atoms with Gasteiger partial charge in [0.05, 0.1) is 20.6 Å². The summed E-state index contributed by atoms with van der Waals surface area (Å²) in [5.41, 5.74) is 0.449. The molecule has 3 nitrogen and oxygen atoms in total. The maximum absolute atomic E-state index is 9.57. The second-order valence-corrected chi connectivity index (χ2v) is 11.9. The smallest absolute Gasteiger partial charge is 0.164 e. The summed E-state index contributed by atoms with van der Waals surface area (Å²) in [6.07, 6.45) is 0. The van der Waals surface area contributed by atoms with Crippen LogP contribution in [0.5, 0.6) is 0 Å². The van der Waals surface area contributed by atoms with E-state index >= 15 is 0 Å². The van der Waals surface area contributed by atoms with Crippen LogP contribution >= 0.6 is 11.3 Å². The van der Waals surface area contributed by atoms with Crippen LogP contribution in [-0.2, 0) is 0 Å². The molecule has 0 unspecified atom stereocenters. The second kappa shape index (κ2) is 12.4. The highest BCUT2D eigenvalue weighted by Gasteiger charge is 2.14. The lowest BCUT2D eigenvalue weighted by Crippen LogP contribution is -2.00. The zero-order valence-corrected chi connectivity index (χ0v) is 26.1. The Morgan fingerprint density at radius 1 is 0.347 bits per heavy atom. The van der Waals surface area contributed by atoms with Crippen molar-refractivity contribution in [2.24, 2.45) is 0 Å². The lowest BCUT2D eigenvalue weighted by molar-refractivity contribution is 1.07. The van der Waals surface area contributed by atoms with Gasteiger partial charge in [0.2, 0.25) is 0 Å². The Bertz CT molecular complexity index is 3440. The number of benzene rings is 7. The SMILES string of the molecule is [2H]c1c([2H])c(-c2nc(-c3ccccc3)nc(-c3ccc(-c4ccccc4)cc3)n2)c([2H])c(-c2c([2H])c([2H])c([2H])c(-c3c([2H])c([2H])c4sc5c([2H])c([2H])c([2H])c([2H])c5c4c3[2H])c2[2H])c1[2H]. The molecule has 9 aromatic rings. The molecule has 0 aliphatic rings. The molecule has 0 saturated heterocycles. The molecule has 0 saturated carbocycles. The number of nitrogens with zero attached hydrogens (tertiary/aromatic N) is 3. The molecule has 2 aromatic heterocycles. The van der Waals surface area contributed by atoms with Crippen LogP contribution in [0.3, 0.4) is 0 Å². The van der Waals surface area contributed by atoms with Crippen molar-refractivity contribution < 1.29 is 20.6 Å². The minimum absolute atomic E-state index is 0.00242. The minimum Gasteiger partial charge on any atom is -0.208 e. The zero-order chi connectivity index (χ0) is 45.6. The van der Waals surface area contributed by atoms with E-state index in [4.69, 9.17) is 21.4 Å². The molecular weight excluding hydrogens is 615 g/mol. The average Bonchev–Trinajstić information content (AvgIpc) is 3.72. The molecule has 0 atom stereocenters. The minimum atomic E-state index is -0.821. The van der Waals surface area contributed by atoms with Gasteiger partial charge in [-0.15, -0.1) is 11.3 Å². The maximum atomic E-state index is 9.57. The van der Waals surface area contributed by atoms with E-state index in [0.717, 1.165) is 22.5 Å². The molecule has 7 aromatic carbocycles. The highest BCUT2D eigenvalue weighted by molar-refractivity contribution is 7.25. The first-order chi connectivity index (χ1) is 30.5. The van der Waals surface area contributed by atoms with Crippen LogP contribution in [0, 0.1) is 0 Å². The molecule has 0 amide bonds. The number of hydrogen-bond acceptors (Lipinski definition) is 4. The Morgan fingerprint density at radius 2 is 0.816 bits per heavy atom. The summed E-state index contributed by atoms with van der Waals surface area (Å²) in [4.78, 5) is 14.1. The average molecular weight is 659 g/mol. The van der Waals surface area contributed by atoms with Crippen molar-refractivity contribution in [2.45, 2.75) is 0 Å². The van der Waals surface area contributed by atoms with E-state index in [-0.39, 0.29) is 43.2 Å². The van der Waals surface area contributed by atoms with Crippen LogP contribution in [-0.4, -0.2) is 15.0 Å². The van der Waals surface area contributed by atoms with Gasteiger partial charge in [0, 0.05) is 36.9 Å². The molecule has 0 aliphatic carbocycles. The fourth-order valence-corrected chi connectivity index (χ4v) is 6.30. The van der Waals surface area contributed by atoms with Crippen LogP contribution in [0.2, 0.25) is 0 Å². The summed E-state index contributed by atoms with van der Waals surface area (Å²) in [5.74, 6) is 0.0761. The maximum Gasteiger partial charge on any atom is 0.164 e. The normalized spacial score (nSPS) is 15.6. The van der Waals surface area contributed by atoms with E-state index in [1.807, 2.05) is 42.5 Å². The van der Waals surface area contributed by atoms with Crippen LogP contribution < -0.4 is 0 Å². The molecule has 2 heterocycles. The summed E-state index contributed by atoms with van der Waals surface area (Å²) in [6.45, 7) is 0. The summed E-state index contributed by atoms with van der Waals surface area (Å²) >= 11 is 0.799. The van der Waals surface area contributed by atoms with E-state index in [1.165, 1.54) is 0 Å². The van der Waals surface area contributed by atoms with Gasteiger partial charge in [-0.2, -0.15) is 0 Å². The van der Waals surface area contributed by atoms with Gasteiger partial charge >= 0.3 is 0 Å². The monoisotopic (exact) mass is 658 g/mol. The lowest BCUT2D eigenvalue weighted by Gasteiger charge is -2.11. The van der Waals surface area contributed by atoms with Gasteiger partial charge in [-0.1, -0.05) is 145 Å². The van der Waals surface area contributed by atoms with Gasteiger partial charge < -0.3 is 0 Å². The molecule has 0 fully saturated rings. The van der Waals surface area contributed by atoms with Crippen molar-refractivity contribution in [3.63, 3.8) is 0 Å². The molecule has 49 heavy (non-hydrogen) atoms. The van der Waals surface area contributed by atoms with E-state index < -0.39 is 113 Å². The van der Waals surface area contributed by atoms with Crippen LogP contribution in [0.1, 0.15) is 20.6 Å². The summed E-state index contributed by atoms with van der Waals surface area (Å²) in [6, 6.07) is 16.3. The molecule has 0 aliphatic heterocycles. The fraction of sp³-hybridized carbons (Fsp3) is 0. The first kappa shape index (κ1) is 17.3. The number of rotatable bonds is 6. The zero-order valence-electron chi connectivity index (χ0n) is 40.3. The summed E-state index contributed by atoms with van der Waals surface area (Å²) < 4.78 is 134. The van der Waals surface area contributed by atoms with Crippen LogP contribution in [0.4, 0.5) is 0 Å². The lowest BCUT2D eigenvalue weighted by atomic mass is 9.97. The fourth-order valence-electron chi connectivity index (χ4n) is 5.38. The number of thiophene rings is 1. The molecule has 9 rings (SSSR count). The van der Waals surface area contributed by atoms with Gasteiger partial charge in [-0.25, -0.2) is 15.0 Å². The van der Waals surface area contributed by atoms with Gasteiger partial charge in [0.25, 0.3) is 0 Å². The highest BCUT2D eigenvalue weighted by atomic mass is 32.1. The third-order valence-electron chi connectivity index (χ3n) is 7.78. The molecule has 230 valence electrons. The van der Waals surface area contributed by atoms with Gasteiger partial charge in [0.1, 0.15) is 0 Å². The summed E-state index contributed by atoms with van der Waals surface area (Å²) in [5, 5.41) is -0.224. The molecule has 0 radical (unpaired) electrons. The molecule has 0 spiro atoms. The highest BCUT2D eigenvalue weighted by Crippen LogP contribution is 2.37. The predicted molar refractivity (Wildman–Crippen MR) is 205 cm³/mol. The standard InChI is InChI=1S/C45H29N3S/c1-3-11-30(12-4-1)31-21-23-33(24-22-31)44-46-43(32-13-5-2-6-14-32)47-45(48-44)38-18-10-17-36(28-38)34-15-9-16-35(27-34)37-25-26-42-40(29-37)39-19-7-8-20-41(39)49-42/h1-29H/i7D,8D,9D,10D,15D,16D,17D,18D,19D,20D,25D,26D,27D,28D,29D. The van der Waals surface area contributed by atoms with Crippen molar-refractivity contribution >= 4 is 31.5 Å². The van der Waals surface area contributed by atoms with E-state index in [0.29, 0.717) is 11.1 Å². The van der Waals surface area contributed by atoms with Crippen molar-refractivity contribution in [2.75, 3.05) is 0 Å². The van der Waals surface area contributed by atoms with Gasteiger partial charge in [-0.05, 0) is 63.6 Å². The first-order valence-corrected chi connectivity index (χ1v) is 16.0. The Morgan fingerprint density at radius 3 is 1.49 bits per heavy atom. The number of aromatic nitrogens is 3. The third-order valence-corrected chi connectivity index (χ3v) is 8.80. The van der Waals surface area contributed by atoms with E-state index in [9.17, 15) is 4.11 Å². The second-order valence-electron chi connectivity index (χ2n) is 10.9. The van der Waals surface area contributed by atoms with E-state index in [2.05, 4.69) is 9.97 Å². The number of fused-ring (bicyclic) bond motifs is 3. The Labute approximate surface area is 310 Å². The third kappa shape index (κ3) is 5.69. The van der Waals surface area contributed by atoms with Crippen molar-refractivity contribution in [1.29, 1.82) is 0 Å². The topological polar surface area (TPSA) is 38.7 Å². The van der Waals surface area contributed by atoms with Crippen molar-refractivity contribution in [3.05, 3.63) is 176 Å². The number of hydrogen-bond donors (Lipinski definition) is 0. The Balaban J connectivity index is 1.30. The predicted octanol–water partition coefficient (Wildman–Crippen LogP) is 12.2. The Kier molecular flexibility index (Phi) is 4.37. The molecule has 4 heteroatoms. The van der Waals surface area contributed by atoms with Gasteiger partial charge in [0.15, 0.2) is 17.5 Å². The quantitative estimate of drug-likeness (QED) is 0.178. The van der Waals surface area contributed by atoms with Crippen molar-refractivity contribution in [1.82, 2.24) is 15.0 Å². The summed E-state index contributed by atoms with van der Waals surface area (Å²) in [7, 11) is 0. The van der Waals surface area contributed by atoms with Crippen LogP contribution in [0.15, 0.2) is 176 Å². The van der Waals surface area contributed by atoms with Crippen molar-refractivity contribution in [3.8, 4) is 67.5 Å². The van der Waals surface area contributed by atoms with Gasteiger partial charge in [-0.3, -0.25) is 0 Å². The molecule has 0 N–H and O–H groups in total. The Hall–Kier alpha value is -6.23. The molecule has 0 bridgehead atoms. The van der Waals surface area contributed by atoms with Crippen LogP contribution in [0.25, 0.3) is 87.7 Å². The first-order valence-electron chi connectivity index (χ1n) is 22.6.